The van der Waals surface area contributed by atoms with Gasteiger partial charge in [-0.3, -0.25) is 4.99 Å². The number of carbonyl (C=O) groups is 1. The van der Waals surface area contributed by atoms with Crippen molar-refractivity contribution in [2.75, 3.05) is 6.67 Å². The molecule has 0 amide bonds. The minimum Gasteiger partial charge on any atom is -0.477 e. The van der Waals surface area contributed by atoms with E-state index in [2.05, 4.69) is 10.3 Å². The van der Waals surface area contributed by atoms with Crippen molar-refractivity contribution in [2.24, 2.45) is 4.99 Å². The van der Waals surface area contributed by atoms with E-state index in [9.17, 15) is 4.79 Å². The predicted octanol–water partition coefficient (Wildman–Crippen LogP) is 0.204. The van der Waals surface area contributed by atoms with Crippen molar-refractivity contribution >= 4 is 36.2 Å². The summed E-state index contributed by atoms with van der Waals surface area (Å²) in [6.07, 6.45) is 2.89. The summed E-state index contributed by atoms with van der Waals surface area (Å²) < 4.78 is 0. The highest BCUT2D eigenvalue weighted by molar-refractivity contribution is 14.0. The molecular formula is C5H7IN2O2. The van der Waals surface area contributed by atoms with Crippen molar-refractivity contribution in [1.82, 2.24) is 5.32 Å². The zero-order chi connectivity index (χ0) is 6.69. The number of halogens is 1. The molecule has 1 aliphatic heterocycles. The first-order chi connectivity index (χ1) is 4.30. The van der Waals surface area contributed by atoms with Gasteiger partial charge in [0.1, 0.15) is 12.4 Å². The van der Waals surface area contributed by atoms with E-state index in [1.807, 2.05) is 0 Å². The van der Waals surface area contributed by atoms with Gasteiger partial charge >= 0.3 is 5.97 Å². The van der Waals surface area contributed by atoms with Crippen molar-refractivity contribution in [3.05, 3.63) is 11.8 Å². The molecule has 1 heterocycles. The predicted molar refractivity (Wildman–Crippen MR) is 47.6 cm³/mol. The van der Waals surface area contributed by atoms with Crippen LogP contribution in [0.2, 0.25) is 0 Å². The molecule has 0 radical (unpaired) electrons. The molecule has 0 aliphatic carbocycles. The van der Waals surface area contributed by atoms with E-state index in [1.54, 1.807) is 0 Å². The number of rotatable bonds is 1. The van der Waals surface area contributed by atoms with Crippen molar-refractivity contribution in [1.29, 1.82) is 0 Å². The van der Waals surface area contributed by atoms with Crippen molar-refractivity contribution in [2.45, 2.75) is 0 Å². The van der Waals surface area contributed by atoms with Crippen LogP contribution in [0, 0.1) is 0 Å². The lowest BCUT2D eigenvalue weighted by molar-refractivity contribution is -0.133. The van der Waals surface area contributed by atoms with Gasteiger partial charge in [-0.15, -0.1) is 24.0 Å². The van der Waals surface area contributed by atoms with Crippen LogP contribution >= 0.6 is 24.0 Å². The molecule has 56 valence electrons. The molecule has 2 N–H and O–H groups in total. The van der Waals surface area contributed by atoms with Crippen molar-refractivity contribution in [3.8, 4) is 0 Å². The molecule has 0 aromatic rings. The highest BCUT2D eigenvalue weighted by atomic mass is 127. The van der Waals surface area contributed by atoms with E-state index in [1.165, 1.54) is 12.3 Å². The molecule has 0 aromatic heterocycles. The largest absolute Gasteiger partial charge is 0.477 e. The number of hydrogen-bond acceptors (Lipinski definition) is 3. The van der Waals surface area contributed by atoms with E-state index >= 15 is 0 Å². The Morgan fingerprint density at radius 2 is 2.50 bits per heavy atom. The number of carboxylic acids is 1. The van der Waals surface area contributed by atoms with Gasteiger partial charge < -0.3 is 10.4 Å². The van der Waals surface area contributed by atoms with E-state index < -0.39 is 5.97 Å². The number of nitrogens with one attached hydrogen (secondary N) is 1. The molecule has 0 spiro atoms. The first-order valence-corrected chi connectivity index (χ1v) is 2.48. The maximum Gasteiger partial charge on any atom is 0.352 e. The molecule has 0 aromatic carbocycles. The average molecular weight is 254 g/mol. The van der Waals surface area contributed by atoms with Crippen LogP contribution in [0.4, 0.5) is 0 Å². The van der Waals surface area contributed by atoms with Crippen molar-refractivity contribution < 1.29 is 9.90 Å². The van der Waals surface area contributed by atoms with Gasteiger partial charge in [0.25, 0.3) is 0 Å². The molecule has 0 fully saturated rings. The third kappa shape index (κ3) is 2.34. The van der Waals surface area contributed by atoms with E-state index in [4.69, 9.17) is 5.11 Å². The molecule has 10 heavy (non-hydrogen) atoms. The molecule has 1 aliphatic rings. The molecule has 0 bridgehead atoms. The Morgan fingerprint density at radius 1 is 1.80 bits per heavy atom. The molecule has 1 rings (SSSR count). The first-order valence-electron chi connectivity index (χ1n) is 2.48. The molecule has 0 unspecified atom stereocenters. The summed E-state index contributed by atoms with van der Waals surface area (Å²) in [5.74, 6) is -0.943. The molecule has 5 heteroatoms. The Balaban J connectivity index is 0.000000810. The monoisotopic (exact) mass is 254 g/mol. The second kappa shape index (κ2) is 4.26. The van der Waals surface area contributed by atoms with Gasteiger partial charge in [0.15, 0.2) is 0 Å². The summed E-state index contributed by atoms with van der Waals surface area (Å²) in [5.41, 5.74) is 0.199. The highest BCUT2D eigenvalue weighted by Crippen LogP contribution is 1.90. The minimum atomic E-state index is -0.943. The van der Waals surface area contributed by atoms with Crippen LogP contribution in [0.3, 0.4) is 0 Å². The molecule has 0 saturated carbocycles. The topological polar surface area (TPSA) is 61.7 Å². The lowest BCUT2D eigenvalue weighted by Gasteiger charge is -2.04. The maximum atomic E-state index is 10.2. The van der Waals surface area contributed by atoms with Crippen LogP contribution < -0.4 is 5.32 Å². The van der Waals surface area contributed by atoms with Crippen molar-refractivity contribution in [3.63, 3.8) is 0 Å². The van der Waals surface area contributed by atoms with Crippen LogP contribution in [0.1, 0.15) is 0 Å². The van der Waals surface area contributed by atoms with Gasteiger partial charge in [-0.1, -0.05) is 0 Å². The standard InChI is InChI=1S/C5H6N2O2.HI/c8-5(9)4-1-2-6-3-7-4;/h1-2,7H,3H2,(H,8,9);1H. The zero-order valence-electron chi connectivity index (χ0n) is 5.07. The summed E-state index contributed by atoms with van der Waals surface area (Å²) in [6, 6.07) is 0. The molecular weight excluding hydrogens is 247 g/mol. The first kappa shape index (κ1) is 9.41. The van der Waals surface area contributed by atoms with E-state index in [0.717, 1.165) is 0 Å². The maximum absolute atomic E-state index is 10.2. The van der Waals surface area contributed by atoms with Gasteiger partial charge in [-0.2, -0.15) is 0 Å². The van der Waals surface area contributed by atoms with E-state index in [-0.39, 0.29) is 29.7 Å². The SMILES string of the molecule is I.O=C(O)C1=CC=NCN1. The van der Waals surface area contributed by atoms with Crippen LogP contribution in [-0.4, -0.2) is 24.0 Å². The number of carboxylic acid groups (broad SMARTS) is 1. The number of nitrogens with zero attached hydrogens (tertiary/aromatic N) is 1. The van der Waals surface area contributed by atoms with Gasteiger partial charge in [0, 0.05) is 6.21 Å². The summed E-state index contributed by atoms with van der Waals surface area (Å²) in [6.45, 7) is 0.359. The highest BCUT2D eigenvalue weighted by Gasteiger charge is 2.05. The lowest BCUT2D eigenvalue weighted by atomic mass is 10.4. The van der Waals surface area contributed by atoms with Gasteiger partial charge in [-0.25, -0.2) is 4.79 Å². The van der Waals surface area contributed by atoms with Crippen LogP contribution in [0.15, 0.2) is 16.8 Å². The van der Waals surface area contributed by atoms with Gasteiger partial charge in [-0.05, 0) is 6.08 Å². The zero-order valence-corrected chi connectivity index (χ0v) is 7.40. The number of aliphatic imine (C=N–C) groups is 1. The number of hydrogen-bond donors (Lipinski definition) is 2. The third-order valence-corrected chi connectivity index (χ3v) is 0.938. The quantitative estimate of drug-likeness (QED) is 0.657. The van der Waals surface area contributed by atoms with Crippen LogP contribution in [0.25, 0.3) is 0 Å². The second-order valence-corrected chi connectivity index (χ2v) is 1.55. The molecule has 0 saturated heterocycles. The van der Waals surface area contributed by atoms with Crippen LogP contribution in [0.5, 0.6) is 0 Å². The van der Waals surface area contributed by atoms with Gasteiger partial charge in [0.05, 0.1) is 0 Å². The summed E-state index contributed by atoms with van der Waals surface area (Å²) in [5, 5.41) is 10.9. The Kier molecular flexibility index (Phi) is 4.01. The Morgan fingerprint density at radius 3 is 2.80 bits per heavy atom. The Hall–Kier alpha value is -0.590. The third-order valence-electron chi connectivity index (χ3n) is 0.938. The lowest BCUT2D eigenvalue weighted by Crippen LogP contribution is -2.22. The van der Waals surface area contributed by atoms with Crippen LogP contribution in [-0.2, 0) is 4.79 Å². The summed E-state index contributed by atoms with van der Waals surface area (Å²) in [7, 11) is 0. The summed E-state index contributed by atoms with van der Waals surface area (Å²) >= 11 is 0. The second-order valence-electron chi connectivity index (χ2n) is 1.55. The van der Waals surface area contributed by atoms with Gasteiger partial charge in [0.2, 0.25) is 0 Å². The Labute approximate surface area is 75.0 Å². The molecule has 0 atom stereocenters. The molecule has 4 nitrogen and oxygen atoms in total. The fourth-order valence-electron chi connectivity index (χ4n) is 0.517. The normalized spacial score (nSPS) is 14.6. The smallest absolute Gasteiger partial charge is 0.352 e. The summed E-state index contributed by atoms with van der Waals surface area (Å²) in [4.78, 5) is 13.9. The minimum absolute atomic E-state index is 0. The fraction of sp³-hybridized carbons (Fsp3) is 0.200. The van der Waals surface area contributed by atoms with E-state index in [0.29, 0.717) is 6.67 Å². The fourth-order valence-corrected chi connectivity index (χ4v) is 0.517. The Bertz CT molecular complexity index is 188. The number of allylic oxidation sites excluding steroid dienone is 1. The number of aliphatic carboxylic acids is 1. The average Bonchev–Trinajstić information content (AvgIpc) is 1.90.